The monoisotopic (exact) mass is 265 g/mol. The number of nitro groups is 1. The molecular formula is C13H19N3O3. The Morgan fingerprint density at radius 3 is 3.05 bits per heavy atom. The Bertz CT molecular complexity index is 445. The number of hydrogen-bond acceptors (Lipinski definition) is 5. The average molecular weight is 265 g/mol. The fraction of sp³-hybridized carbons (Fsp3) is 0.538. The molecule has 1 aromatic rings. The Kier molecular flexibility index (Phi) is 4.57. The molecule has 19 heavy (non-hydrogen) atoms. The summed E-state index contributed by atoms with van der Waals surface area (Å²) in [5.41, 5.74) is 0.611. The minimum Gasteiger partial charge on any atom is -0.496 e. The predicted octanol–water partition coefficient (Wildman–Crippen LogP) is 2.01. The quantitative estimate of drug-likeness (QED) is 0.629. The molecular weight excluding hydrogens is 246 g/mol. The van der Waals surface area contributed by atoms with Crippen LogP contribution in [0.4, 0.5) is 11.4 Å². The number of rotatable bonds is 5. The van der Waals surface area contributed by atoms with Crippen LogP contribution >= 0.6 is 0 Å². The van der Waals surface area contributed by atoms with Crippen molar-refractivity contribution in [1.29, 1.82) is 0 Å². The average Bonchev–Trinajstić information content (AvgIpc) is 2.46. The minimum absolute atomic E-state index is 0.0584. The van der Waals surface area contributed by atoms with Crippen molar-refractivity contribution in [3.05, 3.63) is 28.3 Å². The Morgan fingerprint density at radius 2 is 2.42 bits per heavy atom. The maximum Gasteiger partial charge on any atom is 0.296 e. The third-order valence-corrected chi connectivity index (χ3v) is 3.38. The Balaban J connectivity index is 2.04. The van der Waals surface area contributed by atoms with E-state index < -0.39 is 0 Å². The molecule has 1 saturated heterocycles. The van der Waals surface area contributed by atoms with Crippen LogP contribution in [0.1, 0.15) is 12.8 Å². The first-order chi connectivity index (χ1) is 9.20. The van der Waals surface area contributed by atoms with Gasteiger partial charge in [-0.3, -0.25) is 10.1 Å². The standard InChI is InChI=1S/C13H19N3O3/c1-19-11-4-5-12(13(7-11)16(17)18)15-9-10-3-2-6-14-8-10/h4-5,7,10,14-15H,2-3,6,8-9H2,1H3. The molecule has 1 aliphatic rings. The zero-order valence-corrected chi connectivity index (χ0v) is 11.0. The molecule has 1 aliphatic heterocycles. The van der Waals surface area contributed by atoms with Crippen molar-refractivity contribution in [2.24, 2.45) is 5.92 Å². The lowest BCUT2D eigenvalue weighted by Crippen LogP contribution is -2.33. The summed E-state index contributed by atoms with van der Waals surface area (Å²) in [6, 6.07) is 4.88. The molecule has 0 saturated carbocycles. The van der Waals surface area contributed by atoms with E-state index in [1.165, 1.54) is 13.2 Å². The number of benzene rings is 1. The number of nitrogens with zero attached hydrogens (tertiary/aromatic N) is 1. The molecule has 0 aliphatic carbocycles. The summed E-state index contributed by atoms with van der Waals surface area (Å²) in [6.45, 7) is 2.79. The molecule has 1 aromatic carbocycles. The van der Waals surface area contributed by atoms with E-state index >= 15 is 0 Å². The van der Waals surface area contributed by atoms with Crippen LogP contribution < -0.4 is 15.4 Å². The molecule has 0 radical (unpaired) electrons. The topological polar surface area (TPSA) is 76.4 Å². The highest BCUT2D eigenvalue weighted by Crippen LogP contribution is 2.29. The lowest BCUT2D eigenvalue weighted by Gasteiger charge is -2.23. The van der Waals surface area contributed by atoms with Gasteiger partial charge in [-0.2, -0.15) is 0 Å². The van der Waals surface area contributed by atoms with Crippen LogP contribution in [0.3, 0.4) is 0 Å². The summed E-state index contributed by atoms with van der Waals surface area (Å²) < 4.78 is 5.01. The van der Waals surface area contributed by atoms with E-state index in [1.807, 2.05) is 0 Å². The molecule has 0 amide bonds. The van der Waals surface area contributed by atoms with E-state index in [-0.39, 0.29) is 10.6 Å². The maximum atomic E-state index is 11.0. The highest BCUT2D eigenvalue weighted by Gasteiger charge is 2.17. The van der Waals surface area contributed by atoms with Gasteiger partial charge in [0.2, 0.25) is 0 Å². The molecule has 1 atom stereocenters. The maximum absolute atomic E-state index is 11.0. The molecule has 1 fully saturated rings. The van der Waals surface area contributed by atoms with Crippen LogP contribution in [0.5, 0.6) is 5.75 Å². The second-order valence-corrected chi connectivity index (χ2v) is 4.73. The largest absolute Gasteiger partial charge is 0.496 e. The third-order valence-electron chi connectivity index (χ3n) is 3.38. The Hall–Kier alpha value is -1.82. The van der Waals surface area contributed by atoms with Crippen molar-refractivity contribution in [3.63, 3.8) is 0 Å². The molecule has 2 rings (SSSR count). The number of hydrogen-bond donors (Lipinski definition) is 2. The van der Waals surface area contributed by atoms with Gasteiger partial charge in [0.15, 0.2) is 0 Å². The van der Waals surface area contributed by atoms with Crippen molar-refractivity contribution in [2.75, 3.05) is 32.1 Å². The molecule has 1 unspecified atom stereocenters. The highest BCUT2D eigenvalue weighted by molar-refractivity contribution is 5.63. The second kappa shape index (κ2) is 6.38. The van der Waals surface area contributed by atoms with Crippen molar-refractivity contribution < 1.29 is 9.66 Å². The summed E-state index contributed by atoms with van der Waals surface area (Å²) in [5, 5.41) is 17.5. The van der Waals surface area contributed by atoms with Gasteiger partial charge in [-0.1, -0.05) is 0 Å². The van der Waals surface area contributed by atoms with E-state index in [2.05, 4.69) is 10.6 Å². The van der Waals surface area contributed by atoms with Crippen molar-refractivity contribution in [2.45, 2.75) is 12.8 Å². The Morgan fingerprint density at radius 1 is 1.58 bits per heavy atom. The van der Waals surface area contributed by atoms with Gasteiger partial charge in [-0.05, 0) is 44.0 Å². The minimum atomic E-state index is -0.385. The van der Waals surface area contributed by atoms with E-state index in [1.54, 1.807) is 12.1 Å². The van der Waals surface area contributed by atoms with Gasteiger partial charge >= 0.3 is 0 Å². The van der Waals surface area contributed by atoms with Gasteiger partial charge in [-0.25, -0.2) is 0 Å². The van der Waals surface area contributed by atoms with Crippen molar-refractivity contribution >= 4 is 11.4 Å². The lowest BCUT2D eigenvalue weighted by atomic mass is 9.99. The summed E-state index contributed by atoms with van der Waals surface area (Å²) in [7, 11) is 1.50. The number of ether oxygens (including phenoxy) is 1. The van der Waals surface area contributed by atoms with Gasteiger partial charge in [0.05, 0.1) is 18.1 Å². The normalized spacial score (nSPS) is 18.9. The number of anilines is 1. The van der Waals surface area contributed by atoms with Crippen LogP contribution in [0, 0.1) is 16.0 Å². The SMILES string of the molecule is COc1ccc(NCC2CCCNC2)c([N+](=O)[O-])c1. The number of piperidine rings is 1. The van der Waals surface area contributed by atoms with E-state index in [4.69, 9.17) is 4.74 Å². The summed E-state index contributed by atoms with van der Waals surface area (Å²) in [6.07, 6.45) is 2.32. The fourth-order valence-electron chi connectivity index (χ4n) is 2.29. The van der Waals surface area contributed by atoms with E-state index in [0.717, 1.165) is 32.5 Å². The molecule has 104 valence electrons. The van der Waals surface area contributed by atoms with Crippen LogP contribution in [0.25, 0.3) is 0 Å². The first-order valence-electron chi connectivity index (χ1n) is 6.47. The first-order valence-corrected chi connectivity index (χ1v) is 6.47. The molecule has 2 N–H and O–H groups in total. The van der Waals surface area contributed by atoms with Crippen molar-refractivity contribution in [3.8, 4) is 5.75 Å². The smallest absolute Gasteiger partial charge is 0.296 e. The van der Waals surface area contributed by atoms with Gasteiger partial charge in [-0.15, -0.1) is 0 Å². The third kappa shape index (κ3) is 3.57. The van der Waals surface area contributed by atoms with E-state index in [0.29, 0.717) is 17.4 Å². The zero-order valence-electron chi connectivity index (χ0n) is 11.0. The van der Waals surface area contributed by atoms with Gasteiger partial charge < -0.3 is 15.4 Å². The van der Waals surface area contributed by atoms with E-state index in [9.17, 15) is 10.1 Å². The molecule has 0 bridgehead atoms. The number of nitro benzene ring substituents is 1. The molecule has 6 nitrogen and oxygen atoms in total. The molecule has 1 heterocycles. The van der Waals surface area contributed by atoms with Crippen LogP contribution in [-0.4, -0.2) is 31.7 Å². The summed E-state index contributed by atoms with van der Waals surface area (Å²) in [5.74, 6) is 1.02. The van der Waals surface area contributed by atoms with Crippen LogP contribution in [0.15, 0.2) is 18.2 Å². The summed E-state index contributed by atoms with van der Waals surface area (Å²) in [4.78, 5) is 10.7. The zero-order chi connectivity index (χ0) is 13.7. The van der Waals surface area contributed by atoms with Crippen LogP contribution in [-0.2, 0) is 0 Å². The van der Waals surface area contributed by atoms with Gasteiger partial charge in [0, 0.05) is 6.54 Å². The number of methoxy groups -OCH3 is 1. The van der Waals surface area contributed by atoms with Gasteiger partial charge in [0.1, 0.15) is 11.4 Å². The Labute approximate surface area is 112 Å². The summed E-state index contributed by atoms with van der Waals surface area (Å²) >= 11 is 0. The highest BCUT2D eigenvalue weighted by atomic mass is 16.6. The lowest BCUT2D eigenvalue weighted by molar-refractivity contribution is -0.384. The van der Waals surface area contributed by atoms with Gasteiger partial charge in [0.25, 0.3) is 5.69 Å². The molecule has 0 spiro atoms. The molecule has 0 aromatic heterocycles. The number of nitrogens with one attached hydrogen (secondary N) is 2. The molecule has 6 heteroatoms. The first kappa shape index (κ1) is 13.6. The van der Waals surface area contributed by atoms with Crippen molar-refractivity contribution in [1.82, 2.24) is 5.32 Å². The second-order valence-electron chi connectivity index (χ2n) is 4.73. The van der Waals surface area contributed by atoms with Crippen LogP contribution in [0.2, 0.25) is 0 Å². The predicted molar refractivity (Wildman–Crippen MR) is 73.7 cm³/mol. The fourth-order valence-corrected chi connectivity index (χ4v) is 2.29.